The van der Waals surface area contributed by atoms with Crippen molar-refractivity contribution in [3.8, 4) is 0 Å². The highest BCUT2D eigenvalue weighted by Crippen LogP contribution is 2.44. The summed E-state index contributed by atoms with van der Waals surface area (Å²) in [6, 6.07) is 0.836. The fourth-order valence-corrected chi connectivity index (χ4v) is 5.13. The molecule has 2 aliphatic carbocycles. The van der Waals surface area contributed by atoms with Crippen LogP contribution in [0.1, 0.15) is 75.9 Å². The van der Waals surface area contributed by atoms with Gasteiger partial charge in [-0.05, 0) is 38.6 Å². The second-order valence-corrected chi connectivity index (χ2v) is 8.15. The molecule has 0 bridgehead atoms. The summed E-state index contributed by atoms with van der Waals surface area (Å²) in [4.78, 5) is 19.2. The van der Waals surface area contributed by atoms with Gasteiger partial charge in [0.25, 0.3) is 0 Å². The molecule has 1 N–H and O–H groups in total. The van der Waals surface area contributed by atoms with E-state index in [-0.39, 0.29) is 17.7 Å². The molecule has 1 aromatic rings. The molecule has 1 aliphatic heterocycles. The molecule has 138 valence electrons. The molecular weight excluding hydrogens is 316 g/mol. The van der Waals surface area contributed by atoms with Gasteiger partial charge in [0.1, 0.15) is 0 Å². The van der Waals surface area contributed by atoms with Crippen LogP contribution in [0.2, 0.25) is 0 Å². The van der Waals surface area contributed by atoms with Crippen molar-refractivity contribution >= 4 is 5.91 Å². The van der Waals surface area contributed by atoms with Crippen molar-refractivity contribution in [2.24, 2.45) is 0 Å². The Hall–Kier alpha value is -1.43. The lowest BCUT2D eigenvalue weighted by atomic mass is 9.70. The predicted molar refractivity (Wildman–Crippen MR) is 94.2 cm³/mol. The van der Waals surface area contributed by atoms with Gasteiger partial charge in [0.05, 0.1) is 11.8 Å². The van der Waals surface area contributed by atoms with Gasteiger partial charge in [0.15, 0.2) is 5.82 Å². The second-order valence-electron chi connectivity index (χ2n) is 8.15. The number of fused-ring (bicyclic) bond motifs is 1. The van der Waals surface area contributed by atoms with Crippen LogP contribution in [-0.2, 0) is 16.6 Å². The standard InChI is InChI=1S/C19H30N4O2/c1-23(14-7-3-2-4-8-14)17(24)13-16-21-18(25-22-16)19-10-6-5-9-15(19)20-12-11-19/h14-15,20H,2-13H2,1H3/t15-,19+/m0/s1. The van der Waals surface area contributed by atoms with Crippen LogP contribution in [0.5, 0.6) is 0 Å². The minimum atomic E-state index is 0.00180. The number of amides is 1. The summed E-state index contributed by atoms with van der Waals surface area (Å²) in [6.45, 7) is 1.02. The van der Waals surface area contributed by atoms with E-state index in [0.29, 0.717) is 17.9 Å². The van der Waals surface area contributed by atoms with Crippen LogP contribution in [0.4, 0.5) is 0 Å². The maximum atomic E-state index is 12.6. The SMILES string of the molecule is CN(C(=O)Cc1noc([C@@]23CCCC[C@@H]2NCC3)n1)C1CCCCC1. The van der Waals surface area contributed by atoms with Crippen molar-refractivity contribution in [3.05, 3.63) is 11.7 Å². The molecular formula is C19H30N4O2. The van der Waals surface area contributed by atoms with Gasteiger partial charge in [0, 0.05) is 19.1 Å². The predicted octanol–water partition coefficient (Wildman–Crippen LogP) is 2.58. The molecule has 2 atom stereocenters. The molecule has 0 aromatic carbocycles. The van der Waals surface area contributed by atoms with E-state index in [1.54, 1.807) is 0 Å². The minimum Gasteiger partial charge on any atom is -0.342 e. The third-order valence-corrected chi connectivity index (χ3v) is 6.71. The molecule has 1 saturated heterocycles. The highest BCUT2D eigenvalue weighted by molar-refractivity contribution is 5.78. The fraction of sp³-hybridized carbons (Fsp3) is 0.842. The smallest absolute Gasteiger partial charge is 0.234 e. The molecule has 0 unspecified atom stereocenters. The highest BCUT2D eigenvalue weighted by atomic mass is 16.5. The number of hydrogen-bond acceptors (Lipinski definition) is 5. The Morgan fingerprint density at radius 1 is 1.20 bits per heavy atom. The van der Waals surface area contributed by atoms with Gasteiger partial charge in [-0.2, -0.15) is 4.98 Å². The molecule has 6 heteroatoms. The van der Waals surface area contributed by atoms with Gasteiger partial charge in [-0.15, -0.1) is 0 Å². The zero-order valence-electron chi connectivity index (χ0n) is 15.3. The van der Waals surface area contributed by atoms with E-state index in [2.05, 4.69) is 15.5 Å². The van der Waals surface area contributed by atoms with E-state index < -0.39 is 0 Å². The number of likely N-dealkylation sites (N-methyl/N-ethyl adjacent to an activating group) is 1. The van der Waals surface area contributed by atoms with Crippen molar-refractivity contribution in [2.75, 3.05) is 13.6 Å². The van der Waals surface area contributed by atoms with Crippen LogP contribution in [0, 0.1) is 0 Å². The second kappa shape index (κ2) is 7.06. The number of nitrogens with zero attached hydrogens (tertiary/aromatic N) is 3. The minimum absolute atomic E-state index is 0.00180. The lowest BCUT2D eigenvalue weighted by molar-refractivity contribution is -0.131. The Morgan fingerprint density at radius 3 is 2.84 bits per heavy atom. The first-order valence-corrected chi connectivity index (χ1v) is 10.0. The van der Waals surface area contributed by atoms with Crippen molar-refractivity contribution in [1.82, 2.24) is 20.4 Å². The molecule has 0 radical (unpaired) electrons. The number of carbonyl (C=O) groups excluding carboxylic acids is 1. The Kier molecular flexibility index (Phi) is 4.80. The fourth-order valence-electron chi connectivity index (χ4n) is 5.13. The van der Waals surface area contributed by atoms with E-state index in [1.165, 1.54) is 38.5 Å². The molecule has 2 heterocycles. The average molecular weight is 346 g/mol. The molecule has 1 amide bonds. The first kappa shape index (κ1) is 17.0. The quantitative estimate of drug-likeness (QED) is 0.907. The summed E-state index contributed by atoms with van der Waals surface area (Å²) in [5.41, 5.74) is 0.00180. The van der Waals surface area contributed by atoms with Gasteiger partial charge in [-0.1, -0.05) is 37.3 Å². The Balaban J connectivity index is 1.43. The lowest BCUT2D eigenvalue weighted by Crippen LogP contribution is -2.43. The molecule has 6 nitrogen and oxygen atoms in total. The molecule has 25 heavy (non-hydrogen) atoms. The maximum absolute atomic E-state index is 12.6. The van der Waals surface area contributed by atoms with Gasteiger partial charge in [0.2, 0.25) is 11.8 Å². The third kappa shape index (κ3) is 3.21. The first-order valence-electron chi connectivity index (χ1n) is 10.0. The molecule has 2 saturated carbocycles. The van der Waals surface area contributed by atoms with Gasteiger partial charge in [-0.25, -0.2) is 0 Å². The zero-order valence-corrected chi connectivity index (χ0v) is 15.3. The molecule has 3 fully saturated rings. The molecule has 0 spiro atoms. The highest BCUT2D eigenvalue weighted by Gasteiger charge is 2.49. The van der Waals surface area contributed by atoms with Gasteiger partial charge in [-0.3, -0.25) is 4.79 Å². The Morgan fingerprint density at radius 2 is 2.00 bits per heavy atom. The summed E-state index contributed by atoms with van der Waals surface area (Å²) in [5, 5.41) is 7.76. The van der Waals surface area contributed by atoms with Crippen LogP contribution in [0.3, 0.4) is 0 Å². The monoisotopic (exact) mass is 346 g/mol. The number of hydrogen-bond donors (Lipinski definition) is 1. The molecule has 1 aromatic heterocycles. The summed E-state index contributed by atoms with van der Waals surface area (Å²) in [6.07, 6.45) is 12.1. The molecule has 3 aliphatic rings. The van der Waals surface area contributed by atoms with Gasteiger partial charge < -0.3 is 14.7 Å². The van der Waals surface area contributed by atoms with Crippen molar-refractivity contribution in [2.45, 2.75) is 88.1 Å². The normalized spacial score (nSPS) is 30.2. The topological polar surface area (TPSA) is 71.3 Å². The maximum Gasteiger partial charge on any atom is 0.234 e. The summed E-state index contributed by atoms with van der Waals surface area (Å²) >= 11 is 0. The van der Waals surface area contributed by atoms with Gasteiger partial charge >= 0.3 is 0 Å². The van der Waals surface area contributed by atoms with Crippen molar-refractivity contribution < 1.29 is 9.32 Å². The van der Waals surface area contributed by atoms with E-state index in [9.17, 15) is 4.79 Å². The first-order chi connectivity index (χ1) is 12.2. The molecule has 4 rings (SSSR count). The zero-order chi connectivity index (χ0) is 17.3. The largest absolute Gasteiger partial charge is 0.342 e. The third-order valence-electron chi connectivity index (χ3n) is 6.71. The van der Waals surface area contributed by atoms with Crippen molar-refractivity contribution in [3.63, 3.8) is 0 Å². The van der Waals surface area contributed by atoms with Crippen LogP contribution < -0.4 is 5.32 Å². The van der Waals surface area contributed by atoms with E-state index in [0.717, 1.165) is 38.1 Å². The Labute approximate surface area is 149 Å². The van der Waals surface area contributed by atoms with Crippen molar-refractivity contribution in [1.29, 1.82) is 0 Å². The van der Waals surface area contributed by atoms with E-state index in [4.69, 9.17) is 4.52 Å². The van der Waals surface area contributed by atoms with Crippen LogP contribution in [-0.4, -0.2) is 46.6 Å². The Bertz CT molecular complexity index is 610. The number of rotatable bonds is 4. The number of nitrogens with one attached hydrogen (secondary N) is 1. The summed E-state index contributed by atoms with van der Waals surface area (Å²) in [5.74, 6) is 1.42. The summed E-state index contributed by atoms with van der Waals surface area (Å²) in [7, 11) is 1.93. The summed E-state index contributed by atoms with van der Waals surface area (Å²) < 4.78 is 5.66. The van der Waals surface area contributed by atoms with Crippen LogP contribution in [0.25, 0.3) is 0 Å². The number of aromatic nitrogens is 2. The van der Waals surface area contributed by atoms with E-state index in [1.807, 2.05) is 11.9 Å². The van der Waals surface area contributed by atoms with E-state index >= 15 is 0 Å². The lowest BCUT2D eigenvalue weighted by Gasteiger charge is -2.35. The number of carbonyl (C=O) groups is 1. The van der Waals surface area contributed by atoms with Crippen LogP contribution in [0.15, 0.2) is 4.52 Å². The van der Waals surface area contributed by atoms with Crippen LogP contribution >= 0.6 is 0 Å². The average Bonchev–Trinajstić information content (AvgIpc) is 3.29.